The van der Waals surface area contributed by atoms with Crippen LogP contribution in [0.25, 0.3) is 117 Å². The van der Waals surface area contributed by atoms with E-state index < -0.39 is 154 Å². The molecule has 14 rings (SSSR count). The minimum atomic E-state index is -2.86. The molecule has 5 nitrogen and oxygen atoms in total. The molecule has 14 aromatic rings. The Morgan fingerprint density at radius 1 is 0.415 bits per heavy atom. The van der Waals surface area contributed by atoms with E-state index in [2.05, 4.69) is 117 Å². The molecular weight excluding hydrogens is 1140 g/mol. The Morgan fingerprint density at radius 2 is 0.968 bits per heavy atom. The maximum absolute atomic E-state index is 10.7. The van der Waals surface area contributed by atoms with E-state index in [1.165, 1.54) is 12.3 Å². The topological polar surface area (TPSA) is 35.9 Å². The van der Waals surface area contributed by atoms with Crippen molar-refractivity contribution < 1.29 is 38.1 Å². The lowest BCUT2D eigenvalue weighted by atomic mass is 9.77. The van der Waals surface area contributed by atoms with E-state index in [9.17, 15) is 9.60 Å². The molecule has 94 heavy (non-hydrogen) atoms. The van der Waals surface area contributed by atoms with Gasteiger partial charge in [-0.25, -0.2) is 4.98 Å². The van der Waals surface area contributed by atoms with Crippen LogP contribution in [0.4, 0.5) is 0 Å². The minimum absolute atomic E-state index is 0.139. The maximum atomic E-state index is 10.7. The van der Waals surface area contributed by atoms with Crippen molar-refractivity contribution in [2.75, 3.05) is 0 Å². The number of hydrogen-bond acceptors (Lipinski definition) is 2. The van der Waals surface area contributed by atoms with Crippen molar-refractivity contribution >= 4 is 32.8 Å². The summed E-state index contributed by atoms with van der Waals surface area (Å²) < 4.78 is 204. The van der Waals surface area contributed by atoms with Gasteiger partial charge in [-0.05, 0) is 184 Å². The van der Waals surface area contributed by atoms with Gasteiger partial charge in [0.2, 0.25) is 0 Å². The lowest BCUT2D eigenvalue weighted by Crippen LogP contribution is -2.32. The van der Waals surface area contributed by atoms with Crippen LogP contribution in [0, 0.1) is 13.2 Å². The van der Waals surface area contributed by atoms with Crippen molar-refractivity contribution in [3.05, 3.63) is 295 Å². The van der Waals surface area contributed by atoms with E-state index in [-0.39, 0.29) is 39.1 Å². The van der Waals surface area contributed by atoms with Crippen LogP contribution >= 0.6 is 0 Å². The number of imidazole rings is 1. The molecule has 0 aliphatic carbocycles. The molecule has 0 spiro atoms. The first-order valence-corrected chi connectivity index (χ1v) is 31.4. The number of ether oxygens (including phenoxy) is 1. The third kappa shape index (κ3) is 11.9. The molecule has 5 heteroatoms. The van der Waals surface area contributed by atoms with Gasteiger partial charge in [-0.2, -0.15) is 0 Å². The van der Waals surface area contributed by atoms with Gasteiger partial charge in [0.15, 0.2) is 0 Å². The maximum Gasteiger partial charge on any atom is 0.269 e. The van der Waals surface area contributed by atoms with Gasteiger partial charge in [0.1, 0.15) is 17.3 Å². The van der Waals surface area contributed by atoms with E-state index in [0.717, 1.165) is 38.6 Å². The first kappa shape index (κ1) is 41.3. The van der Waals surface area contributed by atoms with Gasteiger partial charge < -0.3 is 4.74 Å². The summed E-state index contributed by atoms with van der Waals surface area (Å²) in [6.07, 6.45) is 5.01. The van der Waals surface area contributed by atoms with Crippen LogP contribution in [-0.2, 0) is 21.7 Å². The van der Waals surface area contributed by atoms with Gasteiger partial charge in [0.25, 0.3) is 6.33 Å². The van der Waals surface area contributed by atoms with Gasteiger partial charge in [-0.1, -0.05) is 265 Å². The number of rotatable bonds is 11. The third-order valence-electron chi connectivity index (χ3n) is 17.3. The summed E-state index contributed by atoms with van der Waals surface area (Å²) in [4.78, 5) is 4.78. The molecule has 3 aromatic heterocycles. The van der Waals surface area contributed by atoms with Gasteiger partial charge in [-0.15, -0.1) is 0 Å². The van der Waals surface area contributed by atoms with Crippen molar-refractivity contribution in [1.82, 2.24) is 14.1 Å². The number of benzene rings is 11. The molecule has 11 aromatic carbocycles. The summed E-state index contributed by atoms with van der Waals surface area (Å²) in [5, 5.41) is 1.54. The molecule has 0 saturated carbocycles. The van der Waals surface area contributed by atoms with Crippen LogP contribution < -0.4 is 9.30 Å². The fourth-order valence-corrected chi connectivity index (χ4v) is 12.0. The quantitative estimate of drug-likeness (QED) is 0.0956. The molecule has 0 bridgehead atoms. The largest absolute Gasteiger partial charge is 0.458 e. The monoisotopic (exact) mass is 1240 g/mol. The standard InChI is InChI=1S/C89H82N4O/c1-58-44-84(90-56-79(58)62-30-21-16-22-31-62)93-80-35-24-23-34-75(80)76-42-41-74(55-82(76)93)94-73-33-25-32-72(54-73)91-57-92(81-43-38-63(50-83(81)91)61-36-39-68(40-37-61)86(2,3)4)85-77(66-46-64(59-26-17-14-18-27-59)45-65(47-66)60-28-19-15-20-29-60)52-71(89(11,12)13)53-78(85)67-48-69(87(5,6)7)51-70(49-67)88(8,9)10/h14-56H,1-13H3/i1D3,14D,15D,16D,17D,18D,19D,20D,21D,22D,26D,27D,28D,29D,30D,31D,45D,46D,47D. The average molecular weight is 1240 g/mol. The molecule has 0 unspecified atom stereocenters. The summed E-state index contributed by atoms with van der Waals surface area (Å²) in [6.45, 7) is 22.3. The molecule has 0 saturated heterocycles. The summed E-state index contributed by atoms with van der Waals surface area (Å²) >= 11 is 0. The highest BCUT2D eigenvalue weighted by Gasteiger charge is 2.29. The Kier molecular flexibility index (Phi) is 10.4. The zero-order valence-electron chi connectivity index (χ0n) is 75.6. The van der Waals surface area contributed by atoms with Gasteiger partial charge in [0.05, 0.1) is 58.1 Å². The second-order valence-corrected chi connectivity index (χ2v) is 28.0. The van der Waals surface area contributed by atoms with Crippen LogP contribution in [0.2, 0.25) is 0 Å². The van der Waals surface area contributed by atoms with E-state index >= 15 is 0 Å². The molecule has 0 N–H and O–H groups in total. The number of para-hydroxylation sites is 1. The number of pyridine rings is 1. The third-order valence-corrected chi connectivity index (χ3v) is 17.3. The molecule has 0 amide bonds. The molecule has 0 atom stereocenters. The zero-order valence-corrected chi connectivity index (χ0v) is 54.6. The number of aromatic nitrogens is 4. The number of aryl methyl sites for hydroxylation is 1. The molecule has 0 aliphatic heterocycles. The Hall–Kier alpha value is -10.4. The van der Waals surface area contributed by atoms with Crippen molar-refractivity contribution in [1.29, 1.82) is 0 Å². The van der Waals surface area contributed by atoms with Crippen molar-refractivity contribution in [3.8, 4) is 95.5 Å². The first-order chi connectivity index (χ1) is 53.7. The fraction of sp³-hybridized carbons (Fsp3) is 0.191. The Labute approximate surface area is 584 Å². The predicted molar refractivity (Wildman–Crippen MR) is 394 cm³/mol. The molecule has 0 radical (unpaired) electrons. The fourth-order valence-electron chi connectivity index (χ4n) is 12.0. The lowest BCUT2D eigenvalue weighted by molar-refractivity contribution is -0.571. The Bertz CT molecular complexity index is 6230. The molecule has 464 valence electrons. The lowest BCUT2D eigenvalue weighted by Gasteiger charge is -2.29. The second kappa shape index (κ2) is 23.6. The molecule has 0 fully saturated rings. The van der Waals surface area contributed by atoms with E-state index in [1.54, 1.807) is 16.7 Å². The van der Waals surface area contributed by atoms with Crippen molar-refractivity contribution in [3.63, 3.8) is 0 Å². The van der Waals surface area contributed by atoms with E-state index in [4.69, 9.17) is 28.9 Å². The highest BCUT2D eigenvalue weighted by molar-refractivity contribution is 6.09. The normalized spacial score (nSPS) is 15.6. The zero-order chi connectivity index (χ0) is 83.6. The average Bonchev–Trinajstić information content (AvgIpc) is 1.74. The summed E-state index contributed by atoms with van der Waals surface area (Å²) in [7, 11) is 0. The van der Waals surface area contributed by atoms with E-state index in [1.807, 2.05) is 109 Å². The Morgan fingerprint density at radius 3 is 1.59 bits per heavy atom. The van der Waals surface area contributed by atoms with Gasteiger partial charge in [-0.3, -0.25) is 13.7 Å². The molecule has 3 heterocycles. The van der Waals surface area contributed by atoms with Crippen molar-refractivity contribution in [2.45, 2.75) is 112 Å². The van der Waals surface area contributed by atoms with Crippen LogP contribution in [0.3, 0.4) is 0 Å². The highest BCUT2D eigenvalue weighted by atomic mass is 16.5. The van der Waals surface area contributed by atoms with Crippen LogP contribution in [0.1, 0.15) is 140 Å². The van der Waals surface area contributed by atoms with Gasteiger partial charge in [0, 0.05) is 32.7 Å². The molecule has 0 aliphatic rings. The van der Waals surface area contributed by atoms with Crippen molar-refractivity contribution in [2.24, 2.45) is 0 Å². The number of fused-ring (bicyclic) bond motifs is 4. The summed E-state index contributed by atoms with van der Waals surface area (Å²) in [5.41, 5.74) is 4.87. The Balaban J connectivity index is 1.07. The van der Waals surface area contributed by atoms with Crippen LogP contribution in [-0.4, -0.2) is 14.1 Å². The number of nitrogens with zero attached hydrogens (tertiary/aromatic N) is 4. The van der Waals surface area contributed by atoms with Crippen LogP contribution in [0.15, 0.2) is 261 Å². The predicted octanol–water partition coefficient (Wildman–Crippen LogP) is 23.5. The minimum Gasteiger partial charge on any atom is -0.458 e. The van der Waals surface area contributed by atoms with Crippen LogP contribution in [0.5, 0.6) is 11.5 Å². The highest BCUT2D eigenvalue weighted by Crippen LogP contribution is 2.45. The summed E-state index contributed by atoms with van der Waals surface area (Å²) in [5.74, 6) is 0.853. The smallest absolute Gasteiger partial charge is 0.269 e. The summed E-state index contributed by atoms with van der Waals surface area (Å²) in [6, 6.07) is 33.4. The van der Waals surface area contributed by atoms with Gasteiger partial charge >= 0.3 is 0 Å². The molecular formula is C89H82N4O. The first-order valence-electron chi connectivity index (χ1n) is 41.9. The number of hydrogen-bond donors (Lipinski definition) is 0. The SMILES string of the molecule is [2H]c1c([2H])c([2H])c(-c2cnc(-n3c4ccccc4c4ccc(Oc5cccc(-n6[c-][n+](-c7c(-c8cc(C(C)(C)C)cc(C(C)(C)C)c8)cc(C(C)(C)C)cc7-c7c([2H])c(-c8c([2H])c([2H])c([2H])c([2H])c8[2H])c([2H])c(-c8c([2H])c([2H])c([2H])c([2H])c8[2H])c7[2H])c7ccc(-c8ccc(C(C)(C)C)cc8)cc76)c5)cc43)cc2C([2H])([2H])[2H])c([2H])c1[2H]. The van der Waals surface area contributed by atoms with E-state index in [0.29, 0.717) is 61.6 Å². The second-order valence-electron chi connectivity index (χ2n) is 28.0.